The minimum atomic E-state index is -1.17. The average molecular weight is 565 g/mol. The smallest absolute Gasteiger partial charge is 0.247 e. The number of amides is 2. The van der Waals surface area contributed by atoms with Crippen LogP contribution in [0, 0.1) is 5.92 Å². The quantitative estimate of drug-likeness (QED) is 0.353. The number of aldehydes is 1. The van der Waals surface area contributed by atoms with E-state index in [2.05, 4.69) is 5.32 Å². The highest BCUT2D eigenvalue weighted by atomic mass is 16.5. The van der Waals surface area contributed by atoms with E-state index in [1.54, 1.807) is 30.2 Å². The highest BCUT2D eigenvalue weighted by molar-refractivity contribution is 5.96. The molecule has 1 heterocycles. The number of aliphatic hydroxyl groups excluding tert-OH is 2. The summed E-state index contributed by atoms with van der Waals surface area (Å²) < 4.78 is 17.1. The predicted molar refractivity (Wildman–Crippen MR) is 149 cm³/mol. The normalized spacial score (nSPS) is 22.8. The fourth-order valence-corrected chi connectivity index (χ4v) is 5.93. The zero-order valence-corrected chi connectivity index (χ0v) is 23.2. The van der Waals surface area contributed by atoms with Crippen molar-refractivity contribution in [2.24, 2.45) is 5.92 Å². The molecule has 10 nitrogen and oxygen atoms in total. The van der Waals surface area contributed by atoms with Gasteiger partial charge in [0.15, 0.2) is 11.5 Å². The van der Waals surface area contributed by atoms with Crippen LogP contribution < -0.4 is 19.5 Å². The molecule has 2 amide bonds. The van der Waals surface area contributed by atoms with Crippen molar-refractivity contribution < 1.29 is 38.8 Å². The number of hydrogen-bond acceptors (Lipinski definition) is 8. The Labute approximate surface area is 238 Å². The van der Waals surface area contributed by atoms with E-state index in [9.17, 15) is 24.6 Å². The highest BCUT2D eigenvalue weighted by Crippen LogP contribution is 2.51. The second-order valence-electron chi connectivity index (χ2n) is 10.7. The lowest BCUT2D eigenvalue weighted by Gasteiger charge is -2.43. The largest absolute Gasteiger partial charge is 0.497 e. The molecule has 0 aromatic heterocycles. The number of nitrogens with one attached hydrogen (secondary N) is 1. The zero-order valence-electron chi connectivity index (χ0n) is 23.2. The van der Waals surface area contributed by atoms with Crippen molar-refractivity contribution in [3.05, 3.63) is 64.7 Å². The van der Waals surface area contributed by atoms with E-state index in [0.29, 0.717) is 53.2 Å². The number of nitrogens with zero attached hydrogens (tertiary/aromatic N) is 1. The number of ether oxygens (including phenoxy) is 3. The second-order valence-corrected chi connectivity index (χ2v) is 10.7. The molecule has 10 heteroatoms. The van der Waals surface area contributed by atoms with Crippen LogP contribution in [0.3, 0.4) is 0 Å². The number of benzene rings is 2. The molecule has 5 rings (SSSR count). The van der Waals surface area contributed by atoms with Crippen LogP contribution in [0.2, 0.25) is 0 Å². The molecule has 0 saturated heterocycles. The molecule has 218 valence electrons. The van der Waals surface area contributed by atoms with Gasteiger partial charge in [-0.1, -0.05) is 18.6 Å². The summed E-state index contributed by atoms with van der Waals surface area (Å²) in [6.07, 6.45) is 3.32. The summed E-state index contributed by atoms with van der Waals surface area (Å²) in [7, 11) is 3.05. The molecular formula is C31H36N2O8. The Kier molecular flexibility index (Phi) is 8.60. The highest BCUT2D eigenvalue weighted by Gasteiger charge is 2.52. The lowest BCUT2D eigenvalue weighted by atomic mass is 9.76. The van der Waals surface area contributed by atoms with Crippen LogP contribution >= 0.6 is 0 Å². The van der Waals surface area contributed by atoms with Crippen LogP contribution in [-0.2, 0) is 16.0 Å². The third-order valence-corrected chi connectivity index (χ3v) is 8.28. The van der Waals surface area contributed by atoms with Gasteiger partial charge in [0.1, 0.15) is 24.2 Å². The van der Waals surface area contributed by atoms with Gasteiger partial charge in [0.2, 0.25) is 11.8 Å². The first-order chi connectivity index (χ1) is 19.9. The van der Waals surface area contributed by atoms with Crippen molar-refractivity contribution in [3.8, 4) is 17.2 Å². The van der Waals surface area contributed by atoms with E-state index in [1.807, 2.05) is 24.3 Å². The number of fused-ring (bicyclic) bond motifs is 3. The Hall–Kier alpha value is -3.89. The first kappa shape index (κ1) is 28.6. The lowest BCUT2D eigenvalue weighted by Crippen LogP contribution is -2.57. The Morgan fingerprint density at radius 1 is 1.17 bits per heavy atom. The van der Waals surface area contributed by atoms with E-state index >= 15 is 0 Å². The molecule has 1 saturated carbocycles. The maximum absolute atomic E-state index is 13.8. The summed E-state index contributed by atoms with van der Waals surface area (Å²) in [5.41, 5.74) is 2.17. The van der Waals surface area contributed by atoms with Crippen LogP contribution in [0.25, 0.3) is 0 Å². The molecule has 4 unspecified atom stereocenters. The molecule has 41 heavy (non-hydrogen) atoms. The number of rotatable bonds is 11. The van der Waals surface area contributed by atoms with Crippen LogP contribution in [0.4, 0.5) is 0 Å². The Morgan fingerprint density at radius 2 is 1.98 bits per heavy atom. The zero-order chi connectivity index (χ0) is 29.1. The summed E-state index contributed by atoms with van der Waals surface area (Å²) in [6.45, 7) is 0.101. The molecule has 3 N–H and O–H groups in total. The monoisotopic (exact) mass is 564 g/mol. The van der Waals surface area contributed by atoms with Gasteiger partial charge >= 0.3 is 0 Å². The van der Waals surface area contributed by atoms with Crippen molar-refractivity contribution >= 4 is 18.1 Å². The molecule has 0 spiro atoms. The van der Waals surface area contributed by atoms with Gasteiger partial charge in [-0.15, -0.1) is 0 Å². The van der Waals surface area contributed by atoms with Gasteiger partial charge in [0.05, 0.1) is 32.8 Å². The van der Waals surface area contributed by atoms with Gasteiger partial charge in [0, 0.05) is 35.7 Å². The fraction of sp³-hybridized carbons (Fsp3) is 0.452. The van der Waals surface area contributed by atoms with Crippen molar-refractivity contribution in [2.45, 2.75) is 49.9 Å². The third-order valence-electron chi connectivity index (χ3n) is 8.28. The first-order valence-corrected chi connectivity index (χ1v) is 14.0. The van der Waals surface area contributed by atoms with Gasteiger partial charge in [-0.2, -0.15) is 0 Å². The fourth-order valence-electron chi connectivity index (χ4n) is 5.93. The van der Waals surface area contributed by atoms with Crippen LogP contribution in [0.5, 0.6) is 17.2 Å². The lowest BCUT2D eigenvalue weighted by molar-refractivity contribution is -0.144. The average Bonchev–Trinajstić information content (AvgIpc) is 3.35. The second kappa shape index (κ2) is 12.3. The number of carbonyl (C=O) groups excluding carboxylic acids is 3. The van der Waals surface area contributed by atoms with E-state index in [0.717, 1.165) is 24.8 Å². The van der Waals surface area contributed by atoms with E-state index in [1.165, 1.54) is 7.11 Å². The molecule has 1 aliphatic heterocycles. The number of carbonyl (C=O) groups is 3. The van der Waals surface area contributed by atoms with Gasteiger partial charge in [0.25, 0.3) is 0 Å². The molecule has 1 fully saturated rings. The minimum Gasteiger partial charge on any atom is -0.497 e. The molecule has 2 aromatic carbocycles. The SMILES string of the molecule is COc1cccc(CCN(C(=O)C2CCC2)C2C=C(C(=O)NCCO)C3c4cc(C=O)cc(OC)c4OC3C2O)c1. The van der Waals surface area contributed by atoms with Crippen LogP contribution in [0.1, 0.15) is 46.7 Å². The van der Waals surface area contributed by atoms with E-state index < -0.39 is 30.1 Å². The number of methoxy groups -OCH3 is 2. The predicted octanol–water partition coefficient (Wildman–Crippen LogP) is 2.01. The molecular weight excluding hydrogens is 528 g/mol. The van der Waals surface area contributed by atoms with Gasteiger partial charge in [-0.25, -0.2) is 0 Å². The maximum Gasteiger partial charge on any atom is 0.247 e. The Balaban J connectivity index is 1.54. The molecule has 3 aliphatic rings. The molecule has 4 atom stereocenters. The summed E-state index contributed by atoms with van der Waals surface area (Å²) in [5, 5.41) is 23.8. The molecule has 2 aromatic rings. The summed E-state index contributed by atoms with van der Waals surface area (Å²) in [5.74, 6) is 0.0275. The third kappa shape index (κ3) is 5.54. The molecule has 2 aliphatic carbocycles. The Morgan fingerprint density at radius 3 is 2.63 bits per heavy atom. The van der Waals surface area contributed by atoms with Crippen molar-refractivity contribution in [2.75, 3.05) is 33.9 Å². The van der Waals surface area contributed by atoms with Crippen LogP contribution in [-0.4, -0.2) is 85.4 Å². The topological polar surface area (TPSA) is 135 Å². The van der Waals surface area contributed by atoms with Gasteiger partial charge < -0.3 is 34.6 Å². The number of aliphatic hydroxyl groups is 2. The standard InChI is InChI=1S/C31H36N2O8/c1-39-21-8-3-5-18(13-21)9-11-33(31(38)20-6-4-7-20)24-16-23(30(37)32-10-12-34)26-22-14-19(17-35)15-25(40-2)28(22)41-29(26)27(24)36/h3,5,8,13-17,20,24,26-27,29,34,36H,4,6-7,9-12H2,1-2H3,(H,32,37). The van der Waals surface area contributed by atoms with Crippen molar-refractivity contribution in [1.29, 1.82) is 0 Å². The summed E-state index contributed by atoms with van der Waals surface area (Å²) in [4.78, 5) is 40.6. The Bertz CT molecular complexity index is 1340. The molecule has 0 radical (unpaired) electrons. The van der Waals surface area contributed by atoms with E-state index in [-0.39, 0.29) is 25.0 Å². The van der Waals surface area contributed by atoms with Gasteiger partial charge in [-0.3, -0.25) is 14.4 Å². The first-order valence-electron chi connectivity index (χ1n) is 14.0. The van der Waals surface area contributed by atoms with Crippen LogP contribution in [0.15, 0.2) is 48.0 Å². The minimum absolute atomic E-state index is 0.0345. The van der Waals surface area contributed by atoms with Crippen molar-refractivity contribution in [1.82, 2.24) is 10.2 Å². The van der Waals surface area contributed by atoms with Gasteiger partial charge in [-0.05, 0) is 55.2 Å². The van der Waals surface area contributed by atoms with Crippen molar-refractivity contribution in [3.63, 3.8) is 0 Å². The summed E-state index contributed by atoms with van der Waals surface area (Å²) in [6, 6.07) is 9.95. The molecule has 0 bridgehead atoms. The maximum atomic E-state index is 13.8. The number of hydrogen-bond donors (Lipinski definition) is 3. The summed E-state index contributed by atoms with van der Waals surface area (Å²) >= 11 is 0. The van der Waals surface area contributed by atoms with E-state index in [4.69, 9.17) is 14.2 Å².